The molecule has 23 heavy (non-hydrogen) atoms. The first kappa shape index (κ1) is 13.3. The van der Waals surface area contributed by atoms with E-state index in [1.54, 1.807) is 24.3 Å². The molecule has 1 aliphatic rings. The van der Waals surface area contributed by atoms with E-state index in [1.807, 2.05) is 35.9 Å². The van der Waals surface area contributed by atoms with Crippen LogP contribution in [-0.4, -0.2) is 15.3 Å². The lowest BCUT2D eigenvalue weighted by molar-refractivity contribution is -0.110. The van der Waals surface area contributed by atoms with E-state index >= 15 is 0 Å². The van der Waals surface area contributed by atoms with Crippen LogP contribution in [0.25, 0.3) is 17.3 Å². The SMILES string of the molecule is Cc1ccc2nc(/C=C3\C(=O)Nc4cc(C#N)ccc43)cn2c1. The molecule has 0 atom stereocenters. The molecule has 1 aliphatic heterocycles. The minimum absolute atomic E-state index is 0.177. The summed E-state index contributed by atoms with van der Waals surface area (Å²) in [6, 6.07) is 11.2. The zero-order valence-electron chi connectivity index (χ0n) is 12.4. The van der Waals surface area contributed by atoms with Gasteiger partial charge < -0.3 is 9.72 Å². The molecule has 0 aliphatic carbocycles. The van der Waals surface area contributed by atoms with Crippen LogP contribution in [0.3, 0.4) is 0 Å². The summed E-state index contributed by atoms with van der Waals surface area (Å²) in [5.41, 5.74) is 5.24. The second-order valence-electron chi connectivity index (χ2n) is 5.52. The lowest BCUT2D eigenvalue weighted by Crippen LogP contribution is -2.03. The number of nitrogens with zero attached hydrogens (tertiary/aromatic N) is 3. The Kier molecular flexibility index (Phi) is 2.78. The highest BCUT2D eigenvalue weighted by Crippen LogP contribution is 2.33. The van der Waals surface area contributed by atoms with Crippen LogP contribution in [0, 0.1) is 18.3 Å². The zero-order valence-corrected chi connectivity index (χ0v) is 12.4. The number of imidazole rings is 1. The van der Waals surface area contributed by atoms with Crippen molar-refractivity contribution in [3.05, 3.63) is 65.1 Å². The molecule has 5 heteroatoms. The van der Waals surface area contributed by atoms with Crippen LogP contribution in [0.15, 0.2) is 42.7 Å². The van der Waals surface area contributed by atoms with Gasteiger partial charge >= 0.3 is 0 Å². The Morgan fingerprint density at radius 2 is 2.13 bits per heavy atom. The maximum absolute atomic E-state index is 12.2. The van der Waals surface area contributed by atoms with Gasteiger partial charge in [-0.25, -0.2) is 4.98 Å². The first-order valence-corrected chi connectivity index (χ1v) is 7.17. The van der Waals surface area contributed by atoms with E-state index < -0.39 is 0 Å². The Morgan fingerprint density at radius 3 is 2.96 bits per heavy atom. The molecule has 1 amide bonds. The molecule has 0 saturated carbocycles. The number of nitriles is 1. The topological polar surface area (TPSA) is 70.2 Å². The molecular weight excluding hydrogens is 288 g/mol. The van der Waals surface area contributed by atoms with Crippen molar-refractivity contribution in [2.24, 2.45) is 0 Å². The number of amides is 1. The van der Waals surface area contributed by atoms with Gasteiger partial charge in [-0.05, 0) is 36.8 Å². The van der Waals surface area contributed by atoms with E-state index in [-0.39, 0.29) is 5.91 Å². The van der Waals surface area contributed by atoms with Crippen LogP contribution in [0.4, 0.5) is 5.69 Å². The number of pyridine rings is 1. The van der Waals surface area contributed by atoms with Gasteiger partial charge in [0.15, 0.2) is 0 Å². The van der Waals surface area contributed by atoms with Crippen molar-refractivity contribution in [1.29, 1.82) is 5.26 Å². The number of nitrogens with one attached hydrogen (secondary N) is 1. The number of hydrogen-bond acceptors (Lipinski definition) is 3. The van der Waals surface area contributed by atoms with Gasteiger partial charge in [-0.2, -0.15) is 5.26 Å². The first-order chi connectivity index (χ1) is 11.1. The van der Waals surface area contributed by atoms with Crippen LogP contribution >= 0.6 is 0 Å². The zero-order chi connectivity index (χ0) is 16.0. The van der Waals surface area contributed by atoms with E-state index in [4.69, 9.17) is 5.26 Å². The predicted molar refractivity (Wildman–Crippen MR) is 87.6 cm³/mol. The number of aryl methyl sites for hydroxylation is 1. The van der Waals surface area contributed by atoms with Gasteiger partial charge in [0.2, 0.25) is 0 Å². The molecule has 0 fully saturated rings. The fraction of sp³-hybridized carbons (Fsp3) is 0.0556. The van der Waals surface area contributed by atoms with Gasteiger partial charge in [0.05, 0.1) is 28.6 Å². The summed E-state index contributed by atoms with van der Waals surface area (Å²) in [6.45, 7) is 2.02. The summed E-state index contributed by atoms with van der Waals surface area (Å²) in [6.07, 6.45) is 5.66. The van der Waals surface area contributed by atoms with Crippen molar-refractivity contribution in [1.82, 2.24) is 9.38 Å². The number of benzene rings is 1. The molecule has 0 radical (unpaired) electrons. The third kappa shape index (κ3) is 2.17. The van der Waals surface area contributed by atoms with E-state index in [0.29, 0.717) is 16.8 Å². The third-order valence-electron chi connectivity index (χ3n) is 3.84. The average molecular weight is 300 g/mol. The van der Waals surface area contributed by atoms with Crippen molar-refractivity contribution < 1.29 is 4.79 Å². The Balaban J connectivity index is 1.82. The molecule has 5 nitrogen and oxygen atoms in total. The minimum Gasteiger partial charge on any atom is -0.321 e. The lowest BCUT2D eigenvalue weighted by atomic mass is 10.0. The molecule has 2 aromatic heterocycles. The highest BCUT2D eigenvalue weighted by molar-refractivity contribution is 6.34. The van der Waals surface area contributed by atoms with E-state index in [0.717, 1.165) is 22.5 Å². The van der Waals surface area contributed by atoms with Crippen LogP contribution in [0.2, 0.25) is 0 Å². The summed E-state index contributed by atoms with van der Waals surface area (Å²) in [4.78, 5) is 16.7. The Labute approximate surface area is 132 Å². The molecule has 0 unspecified atom stereocenters. The molecule has 1 aromatic carbocycles. The maximum Gasteiger partial charge on any atom is 0.256 e. The second kappa shape index (κ2) is 4.82. The van der Waals surface area contributed by atoms with Gasteiger partial charge in [-0.1, -0.05) is 12.1 Å². The molecule has 110 valence electrons. The summed E-state index contributed by atoms with van der Waals surface area (Å²) >= 11 is 0. The molecule has 4 rings (SSSR count). The summed E-state index contributed by atoms with van der Waals surface area (Å²) < 4.78 is 1.94. The number of hydrogen-bond donors (Lipinski definition) is 1. The average Bonchev–Trinajstić information content (AvgIpc) is 3.07. The Morgan fingerprint density at radius 1 is 1.26 bits per heavy atom. The van der Waals surface area contributed by atoms with Crippen LogP contribution in [0.1, 0.15) is 22.4 Å². The normalized spacial score (nSPS) is 14.8. The number of fused-ring (bicyclic) bond motifs is 2. The Hall–Kier alpha value is -3.39. The minimum atomic E-state index is -0.177. The number of anilines is 1. The molecular formula is C18H12N4O. The molecule has 0 saturated heterocycles. The summed E-state index contributed by atoms with van der Waals surface area (Å²) in [5, 5.41) is 11.7. The maximum atomic E-state index is 12.2. The van der Waals surface area contributed by atoms with Crippen LogP contribution in [-0.2, 0) is 4.79 Å². The predicted octanol–water partition coefficient (Wildman–Crippen LogP) is 3.01. The second-order valence-corrected chi connectivity index (χ2v) is 5.52. The van der Waals surface area contributed by atoms with Crippen molar-refractivity contribution in [3.8, 4) is 6.07 Å². The quantitative estimate of drug-likeness (QED) is 0.702. The van der Waals surface area contributed by atoms with Crippen molar-refractivity contribution >= 4 is 28.9 Å². The van der Waals surface area contributed by atoms with Crippen molar-refractivity contribution in [2.45, 2.75) is 6.92 Å². The van der Waals surface area contributed by atoms with E-state index in [2.05, 4.69) is 16.4 Å². The highest BCUT2D eigenvalue weighted by atomic mass is 16.2. The largest absolute Gasteiger partial charge is 0.321 e. The van der Waals surface area contributed by atoms with Gasteiger partial charge in [0.25, 0.3) is 5.91 Å². The fourth-order valence-electron chi connectivity index (χ4n) is 2.75. The Bertz CT molecular complexity index is 1040. The summed E-state index contributed by atoms with van der Waals surface area (Å²) in [5.74, 6) is -0.177. The van der Waals surface area contributed by atoms with Crippen LogP contribution in [0.5, 0.6) is 0 Å². The number of carbonyl (C=O) groups excluding carboxylic acids is 1. The van der Waals surface area contributed by atoms with Crippen molar-refractivity contribution in [2.75, 3.05) is 5.32 Å². The molecule has 3 aromatic rings. The molecule has 3 heterocycles. The standard InChI is InChI=1S/C18H12N4O/c1-11-2-5-17-20-13(10-22(17)9-11)7-15-14-4-3-12(8-19)6-16(14)21-18(15)23/h2-7,9-10H,1H3,(H,21,23)/b15-7-. The molecule has 1 N–H and O–H groups in total. The number of aromatic nitrogens is 2. The lowest BCUT2D eigenvalue weighted by Gasteiger charge is -1.97. The van der Waals surface area contributed by atoms with Gasteiger partial charge in [-0.3, -0.25) is 4.79 Å². The van der Waals surface area contributed by atoms with Crippen molar-refractivity contribution in [3.63, 3.8) is 0 Å². The summed E-state index contributed by atoms with van der Waals surface area (Å²) in [7, 11) is 0. The highest BCUT2D eigenvalue weighted by Gasteiger charge is 2.24. The molecule has 0 spiro atoms. The van der Waals surface area contributed by atoms with Gasteiger partial charge in [-0.15, -0.1) is 0 Å². The van der Waals surface area contributed by atoms with Gasteiger partial charge in [0.1, 0.15) is 5.65 Å². The van der Waals surface area contributed by atoms with E-state index in [9.17, 15) is 4.79 Å². The molecule has 0 bridgehead atoms. The smallest absolute Gasteiger partial charge is 0.256 e. The first-order valence-electron chi connectivity index (χ1n) is 7.17. The number of carbonyl (C=O) groups is 1. The van der Waals surface area contributed by atoms with Crippen LogP contribution < -0.4 is 5.32 Å². The number of rotatable bonds is 1. The van der Waals surface area contributed by atoms with E-state index in [1.165, 1.54) is 0 Å². The fourth-order valence-corrected chi connectivity index (χ4v) is 2.75. The monoisotopic (exact) mass is 300 g/mol. The van der Waals surface area contributed by atoms with Gasteiger partial charge in [0, 0.05) is 18.0 Å². The third-order valence-corrected chi connectivity index (χ3v) is 3.84.